The van der Waals surface area contributed by atoms with E-state index < -0.39 is 0 Å². The van der Waals surface area contributed by atoms with Crippen LogP contribution in [0.3, 0.4) is 0 Å². The molecule has 2 rings (SSSR count). The van der Waals surface area contributed by atoms with Gasteiger partial charge in [0.1, 0.15) is 0 Å². The average Bonchev–Trinajstić information content (AvgIpc) is 2.67. The molecule has 0 nitrogen and oxygen atoms in total. The molecule has 0 aliphatic rings. The fourth-order valence-electron chi connectivity index (χ4n) is 0.361. The van der Waals surface area contributed by atoms with Gasteiger partial charge in [-0.15, -0.1) is 0 Å². The van der Waals surface area contributed by atoms with E-state index in [1.165, 1.54) is 0 Å². The summed E-state index contributed by atoms with van der Waals surface area (Å²) in [5.74, 6) is 0. The van der Waals surface area contributed by atoms with Crippen molar-refractivity contribution in [2.75, 3.05) is 0 Å². The van der Waals surface area contributed by atoms with Gasteiger partial charge in [-0.05, 0) is 0 Å². The molecular formula is C10H4Zr-8. The minimum atomic E-state index is 0. The minimum absolute atomic E-state index is 0. The van der Waals surface area contributed by atoms with Crippen LogP contribution in [0.2, 0.25) is 0 Å². The van der Waals surface area contributed by atoms with E-state index in [-0.39, 0.29) is 26.2 Å². The van der Waals surface area contributed by atoms with Gasteiger partial charge < -0.3 is 60.7 Å². The Labute approximate surface area is 86.7 Å². The summed E-state index contributed by atoms with van der Waals surface area (Å²) in [6, 6.07) is 24.0. The maximum Gasteiger partial charge on any atom is -0.800 e. The van der Waals surface area contributed by atoms with Gasteiger partial charge in [0.15, 0.2) is 0 Å². The molecule has 0 saturated heterocycles. The molecule has 56 valence electrons. The van der Waals surface area contributed by atoms with Crippen LogP contribution in [-0.2, 0) is 26.2 Å². The molecule has 0 heterocycles. The van der Waals surface area contributed by atoms with Gasteiger partial charge in [0.2, 0.25) is 0 Å². The van der Waals surface area contributed by atoms with E-state index in [2.05, 4.69) is 48.5 Å². The van der Waals surface area contributed by atoms with Crippen LogP contribution in [0, 0.1) is 48.5 Å². The average molecular weight is 215 g/mol. The third kappa shape index (κ3) is 6.00. The third-order valence-electron chi connectivity index (χ3n) is 0.702. The van der Waals surface area contributed by atoms with Gasteiger partial charge in [0.25, 0.3) is 0 Å². The molecule has 0 amide bonds. The molecule has 0 fully saturated rings. The van der Waals surface area contributed by atoms with Crippen molar-refractivity contribution in [3.63, 3.8) is 0 Å². The predicted molar refractivity (Wildman–Crippen MR) is 37.5 cm³/mol. The molecule has 0 aliphatic carbocycles. The van der Waals surface area contributed by atoms with Crippen molar-refractivity contribution in [2.45, 2.75) is 0 Å². The Kier molecular flexibility index (Phi) is 7.40. The monoisotopic (exact) mass is 214 g/mol. The van der Waals surface area contributed by atoms with E-state index >= 15 is 0 Å². The number of rotatable bonds is 0. The first-order chi connectivity index (χ1) is 5.00. The summed E-state index contributed by atoms with van der Waals surface area (Å²) < 4.78 is 0. The second-order valence-electron chi connectivity index (χ2n) is 1.37. The van der Waals surface area contributed by atoms with Crippen LogP contribution in [0.4, 0.5) is 0 Å². The molecule has 0 saturated carbocycles. The molecule has 0 N–H and O–H groups in total. The van der Waals surface area contributed by atoms with Crippen molar-refractivity contribution in [1.82, 2.24) is 0 Å². The van der Waals surface area contributed by atoms with Crippen LogP contribution in [0.25, 0.3) is 0 Å². The number of hydrogen-bond acceptors (Lipinski definition) is 0. The Morgan fingerprint density at radius 2 is 0.818 bits per heavy atom. The Bertz CT molecular complexity index is 144. The summed E-state index contributed by atoms with van der Waals surface area (Å²) in [5.41, 5.74) is 0. The molecule has 2 aromatic carbocycles. The normalized spacial score (nSPS) is 7.27. The van der Waals surface area contributed by atoms with E-state index in [4.69, 9.17) is 0 Å². The van der Waals surface area contributed by atoms with Crippen molar-refractivity contribution in [3.8, 4) is 0 Å². The molecule has 0 atom stereocenters. The third-order valence-corrected chi connectivity index (χ3v) is 0.702. The van der Waals surface area contributed by atoms with Crippen LogP contribution < -0.4 is 0 Å². The number of hydrogen-bond donors (Lipinski definition) is 0. The van der Waals surface area contributed by atoms with Crippen LogP contribution in [-0.4, -0.2) is 0 Å². The second kappa shape index (κ2) is 7.69. The van der Waals surface area contributed by atoms with E-state index in [0.29, 0.717) is 0 Å². The summed E-state index contributed by atoms with van der Waals surface area (Å²) in [6.07, 6.45) is 0. The molecule has 1 heteroatoms. The van der Waals surface area contributed by atoms with E-state index in [1.54, 1.807) is 12.1 Å². The molecular weight excluding hydrogens is 211 g/mol. The summed E-state index contributed by atoms with van der Waals surface area (Å²) in [5, 5.41) is 0. The molecule has 0 unspecified atom stereocenters. The summed E-state index contributed by atoms with van der Waals surface area (Å²) >= 11 is 0. The zero-order valence-corrected chi connectivity index (χ0v) is 9.34. The standard InChI is InChI=1S/2C5H.Zr.2H/c2*1-2-4-5-3-1;;;/h2*1H;;;/q2*-5;+2;;. The van der Waals surface area contributed by atoms with Gasteiger partial charge in [-0.1, -0.05) is 0 Å². The van der Waals surface area contributed by atoms with Gasteiger partial charge >= 0.3 is 26.2 Å². The first kappa shape index (κ1) is 10.6. The summed E-state index contributed by atoms with van der Waals surface area (Å²) in [7, 11) is 0. The molecule has 0 spiro atoms. The SMILES string of the molecule is [ZrH2+2].[c-]1[c-][c-][cH-][c-]1.[c-]1[c-][c-][cH-][c-]1. The molecule has 2 aromatic rings. The topological polar surface area (TPSA) is 0 Å². The van der Waals surface area contributed by atoms with Crippen molar-refractivity contribution in [3.05, 3.63) is 60.7 Å². The van der Waals surface area contributed by atoms with Gasteiger partial charge in [-0.3, -0.25) is 0 Å². The predicted octanol–water partition coefficient (Wildman–Crippen LogP) is 0.675. The molecule has 0 bridgehead atoms. The van der Waals surface area contributed by atoms with Crippen molar-refractivity contribution in [2.24, 2.45) is 0 Å². The van der Waals surface area contributed by atoms with Crippen molar-refractivity contribution >= 4 is 0 Å². The maximum absolute atomic E-state index is 2.62. The van der Waals surface area contributed by atoms with Crippen molar-refractivity contribution in [1.29, 1.82) is 0 Å². The van der Waals surface area contributed by atoms with Gasteiger partial charge in [0, 0.05) is 0 Å². The fourth-order valence-corrected chi connectivity index (χ4v) is 0.361. The van der Waals surface area contributed by atoms with Gasteiger partial charge in [-0.2, -0.15) is 0 Å². The first-order valence-electron chi connectivity index (χ1n) is 2.65. The largest absolute Gasteiger partial charge is 0.999 e. The molecule has 0 radical (unpaired) electrons. The minimum Gasteiger partial charge on any atom is -0.999 e. The van der Waals surface area contributed by atoms with Gasteiger partial charge in [0.05, 0.1) is 0 Å². The smallest absolute Gasteiger partial charge is 0.800 e. The summed E-state index contributed by atoms with van der Waals surface area (Å²) in [4.78, 5) is 0. The van der Waals surface area contributed by atoms with Crippen LogP contribution in [0.15, 0.2) is 12.1 Å². The van der Waals surface area contributed by atoms with Crippen LogP contribution in [0.5, 0.6) is 0 Å². The maximum atomic E-state index is 2.62. The Hall–Kier alpha value is -0.417. The Morgan fingerprint density at radius 3 is 0.909 bits per heavy atom. The molecule has 11 heavy (non-hydrogen) atoms. The quantitative estimate of drug-likeness (QED) is 0.567. The van der Waals surface area contributed by atoms with Crippen LogP contribution >= 0.6 is 0 Å². The van der Waals surface area contributed by atoms with Crippen molar-refractivity contribution < 1.29 is 26.2 Å². The first-order valence-corrected chi connectivity index (χ1v) is 2.65. The van der Waals surface area contributed by atoms with E-state index in [9.17, 15) is 0 Å². The van der Waals surface area contributed by atoms with E-state index in [1.807, 2.05) is 0 Å². The zero-order valence-electron chi connectivity index (χ0n) is 5.86. The fraction of sp³-hybridized carbons (Fsp3) is 0. The molecule has 0 aliphatic heterocycles. The Balaban J connectivity index is 0.000000167. The zero-order chi connectivity index (χ0) is 7.07. The second-order valence-corrected chi connectivity index (χ2v) is 1.37. The van der Waals surface area contributed by atoms with E-state index in [0.717, 1.165) is 0 Å². The molecule has 0 aromatic heterocycles. The van der Waals surface area contributed by atoms with Gasteiger partial charge in [-0.25, -0.2) is 0 Å². The summed E-state index contributed by atoms with van der Waals surface area (Å²) in [6.45, 7) is 0. The van der Waals surface area contributed by atoms with Crippen LogP contribution in [0.1, 0.15) is 0 Å². The Morgan fingerprint density at radius 1 is 0.545 bits per heavy atom.